The molecule has 2 aromatic carbocycles. The normalized spacial score (nSPS) is 15.2. The lowest BCUT2D eigenvalue weighted by atomic mass is 10.0. The molecule has 0 atom stereocenters. The van der Waals surface area contributed by atoms with Crippen LogP contribution in [-0.4, -0.2) is 24.0 Å². The predicted octanol–water partition coefficient (Wildman–Crippen LogP) is 3.70. The molecule has 5 nitrogen and oxygen atoms in total. The molecule has 0 spiro atoms. The summed E-state index contributed by atoms with van der Waals surface area (Å²) in [5, 5.41) is 2.93. The van der Waals surface area contributed by atoms with Crippen molar-refractivity contribution in [3.63, 3.8) is 0 Å². The third kappa shape index (κ3) is 3.43. The van der Waals surface area contributed by atoms with E-state index < -0.39 is 5.60 Å². The quantitative estimate of drug-likeness (QED) is 0.913. The Bertz CT molecular complexity index is 858. The number of anilines is 2. The van der Waals surface area contributed by atoms with Gasteiger partial charge in [-0.05, 0) is 56.5 Å². The first-order valence-corrected chi connectivity index (χ1v) is 8.81. The topological polar surface area (TPSA) is 58.6 Å². The fraction of sp³-hybridized carbons (Fsp3) is 0.333. The molecule has 0 unspecified atom stereocenters. The van der Waals surface area contributed by atoms with E-state index in [4.69, 9.17) is 4.74 Å². The highest BCUT2D eigenvalue weighted by Crippen LogP contribution is 2.38. The minimum absolute atomic E-state index is 0.0554. The van der Waals surface area contributed by atoms with E-state index in [1.807, 2.05) is 56.3 Å². The molecule has 0 bridgehead atoms. The van der Waals surface area contributed by atoms with Crippen LogP contribution in [0.5, 0.6) is 5.75 Å². The van der Waals surface area contributed by atoms with Gasteiger partial charge in [0, 0.05) is 5.69 Å². The van der Waals surface area contributed by atoms with Gasteiger partial charge in [-0.25, -0.2) is 0 Å². The molecule has 2 aromatic rings. The molecular formula is C21H24N2O3. The van der Waals surface area contributed by atoms with Gasteiger partial charge in [0.2, 0.25) is 5.91 Å². The first-order valence-electron chi connectivity index (χ1n) is 8.81. The molecule has 0 aliphatic carbocycles. The van der Waals surface area contributed by atoms with Crippen LogP contribution in [0.15, 0.2) is 42.5 Å². The van der Waals surface area contributed by atoms with Gasteiger partial charge < -0.3 is 10.1 Å². The van der Waals surface area contributed by atoms with Crippen LogP contribution in [0.3, 0.4) is 0 Å². The van der Waals surface area contributed by atoms with E-state index in [1.165, 1.54) is 4.90 Å². The summed E-state index contributed by atoms with van der Waals surface area (Å²) in [6.45, 7) is 7.36. The number of ether oxygens (including phenoxy) is 1. The smallest absolute Gasteiger partial charge is 0.271 e. The number of nitrogens with one attached hydrogen (secondary N) is 1. The molecule has 1 heterocycles. The average molecular weight is 352 g/mol. The largest absolute Gasteiger partial charge is 0.476 e. The summed E-state index contributed by atoms with van der Waals surface area (Å²) in [5.41, 5.74) is 2.47. The Morgan fingerprint density at radius 1 is 1.19 bits per heavy atom. The predicted molar refractivity (Wildman–Crippen MR) is 103 cm³/mol. The van der Waals surface area contributed by atoms with Crippen molar-refractivity contribution in [2.24, 2.45) is 0 Å². The molecule has 1 aliphatic rings. The van der Waals surface area contributed by atoms with Crippen LogP contribution in [0, 0.1) is 6.92 Å². The molecule has 136 valence electrons. The standard InChI is InChI=1S/C21H24N2O3/c1-5-15-8-6-7-9-16(15)22-19(24)13-23-17-12-14(2)10-11-18(17)26-21(3,4)20(23)25/h6-12H,5,13H2,1-4H3,(H,22,24). The van der Waals surface area contributed by atoms with Gasteiger partial charge in [-0.2, -0.15) is 0 Å². The van der Waals surface area contributed by atoms with E-state index in [0.29, 0.717) is 11.4 Å². The number of amides is 2. The zero-order valence-corrected chi connectivity index (χ0v) is 15.6. The Balaban J connectivity index is 1.87. The number of fused-ring (bicyclic) bond motifs is 1. The molecular weight excluding hydrogens is 328 g/mol. The average Bonchev–Trinajstić information content (AvgIpc) is 2.60. The van der Waals surface area contributed by atoms with Crippen molar-refractivity contribution in [2.45, 2.75) is 39.7 Å². The summed E-state index contributed by atoms with van der Waals surface area (Å²) < 4.78 is 5.83. The molecule has 0 saturated carbocycles. The Hall–Kier alpha value is -2.82. The summed E-state index contributed by atoms with van der Waals surface area (Å²) in [5.74, 6) is 0.154. The number of para-hydroxylation sites is 1. The fourth-order valence-corrected chi connectivity index (χ4v) is 3.12. The Morgan fingerprint density at radius 3 is 2.65 bits per heavy atom. The second kappa shape index (κ2) is 6.83. The summed E-state index contributed by atoms with van der Waals surface area (Å²) in [6, 6.07) is 13.3. The van der Waals surface area contributed by atoms with Gasteiger partial charge in [-0.15, -0.1) is 0 Å². The lowest BCUT2D eigenvalue weighted by Gasteiger charge is -2.38. The molecule has 0 saturated heterocycles. The zero-order chi connectivity index (χ0) is 18.9. The first-order chi connectivity index (χ1) is 12.3. The van der Waals surface area contributed by atoms with Crippen molar-refractivity contribution in [3.8, 4) is 5.75 Å². The van der Waals surface area contributed by atoms with Crippen molar-refractivity contribution < 1.29 is 14.3 Å². The summed E-state index contributed by atoms with van der Waals surface area (Å²) in [7, 11) is 0. The van der Waals surface area contributed by atoms with Crippen molar-refractivity contribution in [1.29, 1.82) is 0 Å². The van der Waals surface area contributed by atoms with E-state index in [1.54, 1.807) is 13.8 Å². The number of carbonyl (C=O) groups excluding carboxylic acids is 2. The third-order valence-electron chi connectivity index (χ3n) is 4.50. The van der Waals surface area contributed by atoms with Crippen molar-refractivity contribution >= 4 is 23.2 Å². The van der Waals surface area contributed by atoms with Gasteiger partial charge >= 0.3 is 0 Å². The third-order valence-corrected chi connectivity index (χ3v) is 4.50. The Labute approximate surface area is 154 Å². The molecule has 5 heteroatoms. The number of carbonyl (C=O) groups is 2. The number of nitrogens with zero attached hydrogens (tertiary/aromatic N) is 1. The Morgan fingerprint density at radius 2 is 1.92 bits per heavy atom. The molecule has 0 radical (unpaired) electrons. The lowest BCUT2D eigenvalue weighted by Crippen LogP contribution is -2.54. The fourth-order valence-electron chi connectivity index (χ4n) is 3.12. The summed E-state index contributed by atoms with van der Waals surface area (Å²) in [4.78, 5) is 27.0. The SMILES string of the molecule is CCc1ccccc1NC(=O)CN1C(=O)C(C)(C)Oc2ccc(C)cc21. The lowest BCUT2D eigenvalue weighted by molar-refractivity contribution is -0.133. The van der Waals surface area contributed by atoms with Gasteiger partial charge in [0.15, 0.2) is 5.60 Å². The molecule has 3 rings (SSSR count). The van der Waals surface area contributed by atoms with Crippen LogP contribution in [0.2, 0.25) is 0 Å². The maximum absolute atomic E-state index is 12.9. The van der Waals surface area contributed by atoms with Gasteiger partial charge in [0.25, 0.3) is 5.91 Å². The highest BCUT2D eigenvalue weighted by molar-refractivity contribution is 6.07. The summed E-state index contributed by atoms with van der Waals surface area (Å²) >= 11 is 0. The number of hydrogen-bond acceptors (Lipinski definition) is 3. The van der Waals surface area contributed by atoms with Crippen molar-refractivity contribution in [1.82, 2.24) is 0 Å². The van der Waals surface area contributed by atoms with Gasteiger partial charge in [-0.3, -0.25) is 14.5 Å². The van der Waals surface area contributed by atoms with Gasteiger partial charge in [-0.1, -0.05) is 31.2 Å². The van der Waals surface area contributed by atoms with Crippen molar-refractivity contribution in [3.05, 3.63) is 53.6 Å². The number of benzene rings is 2. The number of rotatable bonds is 4. The van der Waals surface area contributed by atoms with Crippen LogP contribution in [-0.2, 0) is 16.0 Å². The maximum Gasteiger partial charge on any atom is 0.271 e. The first kappa shape index (κ1) is 18.0. The van der Waals surface area contributed by atoms with Crippen LogP contribution in [0.25, 0.3) is 0 Å². The van der Waals surface area contributed by atoms with E-state index in [9.17, 15) is 9.59 Å². The maximum atomic E-state index is 12.9. The molecule has 1 N–H and O–H groups in total. The number of hydrogen-bond donors (Lipinski definition) is 1. The summed E-state index contributed by atoms with van der Waals surface area (Å²) in [6.07, 6.45) is 0.821. The van der Waals surface area contributed by atoms with Gasteiger partial charge in [0.05, 0.1) is 5.69 Å². The van der Waals surface area contributed by atoms with Crippen LogP contribution < -0.4 is 15.0 Å². The number of aryl methyl sites for hydroxylation is 2. The highest BCUT2D eigenvalue weighted by Gasteiger charge is 2.41. The van der Waals surface area contributed by atoms with E-state index in [2.05, 4.69) is 5.32 Å². The monoisotopic (exact) mass is 352 g/mol. The molecule has 0 fully saturated rings. The molecule has 26 heavy (non-hydrogen) atoms. The molecule has 1 aliphatic heterocycles. The Kier molecular flexibility index (Phi) is 4.72. The zero-order valence-electron chi connectivity index (χ0n) is 15.6. The highest BCUT2D eigenvalue weighted by atomic mass is 16.5. The van der Waals surface area contributed by atoms with E-state index >= 15 is 0 Å². The van der Waals surface area contributed by atoms with Crippen LogP contribution in [0.1, 0.15) is 31.9 Å². The minimum atomic E-state index is -1.01. The van der Waals surface area contributed by atoms with E-state index in [-0.39, 0.29) is 18.4 Å². The van der Waals surface area contributed by atoms with Crippen molar-refractivity contribution in [2.75, 3.05) is 16.8 Å². The molecule has 0 aromatic heterocycles. The second-order valence-corrected chi connectivity index (χ2v) is 7.03. The van der Waals surface area contributed by atoms with Crippen LogP contribution in [0.4, 0.5) is 11.4 Å². The van der Waals surface area contributed by atoms with Crippen LogP contribution >= 0.6 is 0 Å². The second-order valence-electron chi connectivity index (χ2n) is 7.03. The minimum Gasteiger partial charge on any atom is -0.476 e. The van der Waals surface area contributed by atoms with Gasteiger partial charge in [0.1, 0.15) is 12.3 Å². The molecule has 2 amide bonds. The van der Waals surface area contributed by atoms with E-state index in [0.717, 1.165) is 23.2 Å².